The van der Waals surface area contributed by atoms with E-state index in [4.69, 9.17) is 5.26 Å². The molecule has 2 N–H and O–H groups in total. The molecule has 1 aliphatic carbocycles. The lowest BCUT2D eigenvalue weighted by Gasteiger charge is -2.22. The zero-order valence-corrected chi connectivity index (χ0v) is 10.6. The van der Waals surface area contributed by atoms with Crippen molar-refractivity contribution in [2.45, 2.75) is 31.2 Å². The minimum atomic E-state index is -0.708. The van der Waals surface area contributed by atoms with E-state index in [2.05, 4.69) is 16.7 Å². The highest BCUT2D eigenvalue weighted by Crippen LogP contribution is 2.28. The van der Waals surface area contributed by atoms with Crippen LogP contribution < -0.4 is 10.6 Å². The van der Waals surface area contributed by atoms with Gasteiger partial charge < -0.3 is 10.6 Å². The summed E-state index contributed by atoms with van der Waals surface area (Å²) in [6.45, 7) is 0.0346. The number of nitrogens with one attached hydrogen (secondary N) is 2. The number of nitrogens with zero attached hydrogens (tertiary/aromatic N) is 1. The fourth-order valence-electron chi connectivity index (χ4n) is 2.34. The lowest BCUT2D eigenvalue weighted by atomic mass is 10.00. The lowest BCUT2D eigenvalue weighted by Crippen LogP contribution is -2.47. The van der Waals surface area contributed by atoms with E-state index in [0.717, 1.165) is 12.8 Å². The molecule has 1 aromatic carbocycles. The maximum Gasteiger partial charge on any atom is 0.240 e. The summed E-state index contributed by atoms with van der Waals surface area (Å²) in [6.07, 6.45) is 3.33. The first-order chi connectivity index (χ1) is 9.13. The highest BCUT2D eigenvalue weighted by atomic mass is 19.1. The van der Waals surface area contributed by atoms with Crippen molar-refractivity contribution in [3.8, 4) is 6.07 Å². The third kappa shape index (κ3) is 3.44. The number of nitriles is 1. The number of hydrogen-bond acceptors (Lipinski definition) is 3. The van der Waals surface area contributed by atoms with Gasteiger partial charge in [0.25, 0.3) is 0 Å². The second-order valence-corrected chi connectivity index (χ2v) is 4.81. The van der Waals surface area contributed by atoms with Crippen molar-refractivity contribution >= 4 is 11.6 Å². The van der Waals surface area contributed by atoms with E-state index in [1.54, 1.807) is 12.1 Å². The average molecular weight is 261 g/mol. The second-order valence-electron chi connectivity index (χ2n) is 4.81. The second kappa shape index (κ2) is 5.70. The summed E-state index contributed by atoms with van der Waals surface area (Å²) < 4.78 is 13.0. The van der Waals surface area contributed by atoms with Crippen LogP contribution in [0.5, 0.6) is 0 Å². The van der Waals surface area contributed by atoms with Gasteiger partial charge in [0.1, 0.15) is 11.4 Å². The molecule has 0 atom stereocenters. The van der Waals surface area contributed by atoms with E-state index in [1.807, 2.05) is 0 Å². The van der Waals surface area contributed by atoms with E-state index in [-0.39, 0.29) is 18.3 Å². The van der Waals surface area contributed by atoms with Crippen LogP contribution in [0.1, 0.15) is 25.7 Å². The van der Waals surface area contributed by atoms with Crippen LogP contribution in [0.3, 0.4) is 0 Å². The van der Waals surface area contributed by atoms with Gasteiger partial charge in [-0.2, -0.15) is 5.26 Å². The van der Waals surface area contributed by atoms with Gasteiger partial charge in [0.05, 0.1) is 12.6 Å². The molecule has 0 saturated heterocycles. The van der Waals surface area contributed by atoms with Gasteiger partial charge in [-0.15, -0.1) is 0 Å². The Morgan fingerprint density at radius 2 is 2.16 bits per heavy atom. The molecular formula is C14H16FN3O. The Balaban J connectivity index is 1.87. The van der Waals surface area contributed by atoms with Crippen LogP contribution in [0.2, 0.25) is 0 Å². The SMILES string of the molecule is N#CC1(NC(=O)CNc2cccc(F)c2)CCCC1. The standard InChI is InChI=1S/C14H16FN3O/c15-11-4-3-5-12(8-11)17-9-13(19)18-14(10-16)6-1-2-7-14/h3-5,8,17H,1-2,6-7,9H2,(H,18,19). The number of rotatable bonds is 4. The fourth-order valence-corrected chi connectivity index (χ4v) is 2.34. The highest BCUT2D eigenvalue weighted by molar-refractivity contribution is 5.81. The van der Waals surface area contributed by atoms with E-state index in [0.29, 0.717) is 18.5 Å². The molecule has 1 aliphatic rings. The van der Waals surface area contributed by atoms with Gasteiger partial charge in [-0.1, -0.05) is 6.07 Å². The van der Waals surface area contributed by atoms with Gasteiger partial charge in [0, 0.05) is 5.69 Å². The summed E-state index contributed by atoms with van der Waals surface area (Å²) in [5.74, 6) is -0.595. The molecule has 0 unspecified atom stereocenters. The van der Waals surface area contributed by atoms with Gasteiger partial charge in [-0.3, -0.25) is 4.79 Å². The predicted molar refractivity (Wildman–Crippen MR) is 69.8 cm³/mol. The monoisotopic (exact) mass is 261 g/mol. The number of benzene rings is 1. The summed E-state index contributed by atoms with van der Waals surface area (Å²) in [7, 11) is 0. The molecule has 19 heavy (non-hydrogen) atoms. The van der Waals surface area contributed by atoms with Crippen LogP contribution in [-0.2, 0) is 4.79 Å². The maximum absolute atomic E-state index is 13.0. The van der Waals surface area contributed by atoms with Crippen molar-refractivity contribution < 1.29 is 9.18 Å². The highest BCUT2D eigenvalue weighted by Gasteiger charge is 2.35. The van der Waals surface area contributed by atoms with Gasteiger partial charge in [-0.05, 0) is 43.9 Å². The van der Waals surface area contributed by atoms with Gasteiger partial charge in [0.2, 0.25) is 5.91 Å². The van der Waals surface area contributed by atoms with E-state index >= 15 is 0 Å². The Morgan fingerprint density at radius 1 is 1.42 bits per heavy atom. The molecule has 2 rings (SSSR count). The normalized spacial score (nSPS) is 16.6. The van der Waals surface area contributed by atoms with Crippen molar-refractivity contribution in [1.29, 1.82) is 5.26 Å². The van der Waals surface area contributed by atoms with Crippen molar-refractivity contribution in [2.24, 2.45) is 0 Å². The number of anilines is 1. The third-order valence-corrected chi connectivity index (χ3v) is 3.33. The van der Waals surface area contributed by atoms with Crippen LogP contribution in [0, 0.1) is 17.1 Å². The third-order valence-electron chi connectivity index (χ3n) is 3.33. The minimum absolute atomic E-state index is 0.0346. The van der Waals surface area contributed by atoms with E-state index in [9.17, 15) is 9.18 Å². The maximum atomic E-state index is 13.0. The Labute approximate surface area is 111 Å². The lowest BCUT2D eigenvalue weighted by molar-refractivity contribution is -0.120. The van der Waals surface area contributed by atoms with Crippen molar-refractivity contribution in [3.05, 3.63) is 30.1 Å². The summed E-state index contributed by atoms with van der Waals surface area (Å²) in [5.41, 5.74) is -0.159. The molecule has 0 aromatic heterocycles. The topological polar surface area (TPSA) is 64.9 Å². The Bertz CT molecular complexity index is 504. The number of carbonyl (C=O) groups is 1. The summed E-state index contributed by atoms with van der Waals surface area (Å²) >= 11 is 0. The molecule has 100 valence electrons. The quantitative estimate of drug-likeness (QED) is 0.873. The molecule has 1 amide bonds. The number of carbonyl (C=O) groups excluding carboxylic acids is 1. The molecular weight excluding hydrogens is 245 g/mol. The molecule has 1 fully saturated rings. The number of amides is 1. The molecule has 4 nitrogen and oxygen atoms in total. The van der Waals surface area contributed by atoms with Crippen LogP contribution in [-0.4, -0.2) is 18.0 Å². The zero-order chi connectivity index (χ0) is 13.7. The molecule has 1 saturated carbocycles. The smallest absolute Gasteiger partial charge is 0.240 e. The van der Waals surface area contributed by atoms with Crippen LogP contribution in [0.15, 0.2) is 24.3 Å². The van der Waals surface area contributed by atoms with E-state index in [1.165, 1.54) is 12.1 Å². The van der Waals surface area contributed by atoms with Gasteiger partial charge in [0.15, 0.2) is 0 Å². The predicted octanol–water partition coefficient (Wildman–Crippen LogP) is 2.19. The largest absolute Gasteiger partial charge is 0.376 e. The van der Waals surface area contributed by atoms with Crippen molar-refractivity contribution in [3.63, 3.8) is 0 Å². The van der Waals surface area contributed by atoms with Gasteiger partial charge >= 0.3 is 0 Å². The summed E-state index contributed by atoms with van der Waals surface area (Å²) in [5, 5.41) is 14.8. The number of halogens is 1. The minimum Gasteiger partial charge on any atom is -0.376 e. The van der Waals surface area contributed by atoms with Crippen LogP contribution >= 0.6 is 0 Å². The summed E-state index contributed by atoms with van der Waals surface area (Å²) in [4.78, 5) is 11.8. The Morgan fingerprint density at radius 3 is 2.79 bits per heavy atom. The Hall–Kier alpha value is -2.09. The molecule has 0 aliphatic heterocycles. The molecule has 0 heterocycles. The first-order valence-corrected chi connectivity index (χ1v) is 6.35. The van der Waals surface area contributed by atoms with Gasteiger partial charge in [-0.25, -0.2) is 4.39 Å². The van der Waals surface area contributed by atoms with E-state index < -0.39 is 5.54 Å². The number of hydrogen-bond donors (Lipinski definition) is 2. The average Bonchev–Trinajstić information content (AvgIpc) is 2.86. The van der Waals surface area contributed by atoms with Crippen molar-refractivity contribution in [2.75, 3.05) is 11.9 Å². The molecule has 5 heteroatoms. The zero-order valence-electron chi connectivity index (χ0n) is 10.6. The molecule has 1 aromatic rings. The molecule has 0 bridgehead atoms. The van der Waals surface area contributed by atoms with Crippen LogP contribution in [0.25, 0.3) is 0 Å². The first-order valence-electron chi connectivity index (χ1n) is 6.35. The Kier molecular flexibility index (Phi) is 4.00. The van der Waals surface area contributed by atoms with Crippen molar-refractivity contribution in [1.82, 2.24) is 5.32 Å². The first kappa shape index (κ1) is 13.3. The summed E-state index contributed by atoms with van der Waals surface area (Å²) in [6, 6.07) is 8.12. The fraction of sp³-hybridized carbons (Fsp3) is 0.429. The van der Waals surface area contributed by atoms with Crippen LogP contribution in [0.4, 0.5) is 10.1 Å². The molecule has 0 radical (unpaired) electrons. The molecule has 0 spiro atoms.